The van der Waals surface area contributed by atoms with Gasteiger partial charge in [-0.25, -0.2) is 9.37 Å². The first-order valence-corrected chi connectivity index (χ1v) is 5.56. The summed E-state index contributed by atoms with van der Waals surface area (Å²) in [6.07, 6.45) is 3.43. The highest BCUT2D eigenvalue weighted by molar-refractivity contribution is 9.10. The molecule has 1 aromatic heterocycles. The molecule has 3 nitrogen and oxygen atoms in total. The number of halogens is 2. The number of hydrogen-bond acceptors (Lipinski definition) is 2. The van der Waals surface area contributed by atoms with Crippen molar-refractivity contribution in [2.75, 3.05) is 0 Å². The van der Waals surface area contributed by atoms with E-state index in [-0.39, 0.29) is 5.82 Å². The molecule has 0 fully saturated rings. The van der Waals surface area contributed by atoms with E-state index in [0.717, 1.165) is 0 Å². The lowest BCUT2D eigenvalue weighted by atomic mass is 10.0. The maximum atomic E-state index is 13.8. The van der Waals surface area contributed by atoms with E-state index >= 15 is 0 Å². The zero-order valence-electron chi connectivity index (χ0n) is 8.69. The van der Waals surface area contributed by atoms with Gasteiger partial charge in [-0.05, 0) is 22.0 Å². The van der Waals surface area contributed by atoms with Crippen molar-refractivity contribution in [3.8, 4) is 0 Å². The number of benzene rings is 1. The monoisotopic (exact) mass is 283 g/mol. The van der Waals surface area contributed by atoms with Gasteiger partial charge in [0.1, 0.15) is 5.82 Å². The van der Waals surface area contributed by atoms with Gasteiger partial charge in [0.2, 0.25) is 0 Å². The van der Waals surface area contributed by atoms with Gasteiger partial charge in [-0.1, -0.05) is 12.1 Å². The van der Waals surface area contributed by atoms with Gasteiger partial charge in [0.15, 0.2) is 0 Å². The average molecular weight is 284 g/mol. The standard InChI is InChI=1S/C11H11BrFN3/c1-16-5-9(15-6-16)11(14)7-3-2-4-8(12)10(7)13/h2-6,11H,14H2,1H3. The first-order valence-electron chi connectivity index (χ1n) is 4.77. The Hall–Kier alpha value is -1.20. The van der Waals surface area contributed by atoms with Crippen LogP contribution in [0.5, 0.6) is 0 Å². The summed E-state index contributed by atoms with van der Waals surface area (Å²) in [5.74, 6) is -0.333. The van der Waals surface area contributed by atoms with Crippen LogP contribution in [-0.4, -0.2) is 9.55 Å². The Balaban J connectivity index is 2.41. The van der Waals surface area contributed by atoms with Gasteiger partial charge in [0.05, 0.1) is 22.5 Å². The lowest BCUT2D eigenvalue weighted by Crippen LogP contribution is -2.14. The molecule has 1 atom stereocenters. The topological polar surface area (TPSA) is 43.8 Å². The largest absolute Gasteiger partial charge is 0.340 e. The molecule has 0 aliphatic carbocycles. The van der Waals surface area contributed by atoms with E-state index in [2.05, 4.69) is 20.9 Å². The summed E-state index contributed by atoms with van der Waals surface area (Å²) in [5, 5.41) is 0. The van der Waals surface area contributed by atoms with E-state index in [9.17, 15) is 4.39 Å². The van der Waals surface area contributed by atoms with E-state index in [1.165, 1.54) is 0 Å². The summed E-state index contributed by atoms with van der Waals surface area (Å²) < 4.78 is 16.0. The summed E-state index contributed by atoms with van der Waals surface area (Å²) in [6, 6.07) is 4.52. The fourth-order valence-electron chi connectivity index (χ4n) is 1.51. The first kappa shape index (κ1) is 11.3. The van der Waals surface area contributed by atoms with E-state index in [4.69, 9.17) is 5.73 Å². The average Bonchev–Trinajstić information content (AvgIpc) is 2.68. The molecule has 1 heterocycles. The smallest absolute Gasteiger partial charge is 0.142 e. The number of nitrogens with zero attached hydrogens (tertiary/aromatic N) is 2. The molecule has 0 aliphatic rings. The lowest BCUT2D eigenvalue weighted by molar-refractivity contribution is 0.591. The van der Waals surface area contributed by atoms with Crippen molar-refractivity contribution >= 4 is 15.9 Å². The molecule has 0 bridgehead atoms. The Morgan fingerprint density at radius 3 is 2.88 bits per heavy atom. The normalized spacial score (nSPS) is 12.8. The summed E-state index contributed by atoms with van der Waals surface area (Å²) in [7, 11) is 1.85. The molecule has 0 saturated carbocycles. The van der Waals surface area contributed by atoms with Crippen LogP contribution in [0.4, 0.5) is 4.39 Å². The summed E-state index contributed by atoms with van der Waals surface area (Å²) in [6.45, 7) is 0. The molecular formula is C11H11BrFN3. The van der Waals surface area contributed by atoms with Crippen molar-refractivity contribution in [3.63, 3.8) is 0 Å². The van der Waals surface area contributed by atoms with Crippen molar-refractivity contribution in [3.05, 3.63) is 52.3 Å². The van der Waals surface area contributed by atoms with E-state index in [1.807, 2.05) is 7.05 Å². The number of aromatic nitrogens is 2. The van der Waals surface area contributed by atoms with Crippen molar-refractivity contribution in [1.29, 1.82) is 0 Å². The summed E-state index contributed by atoms with van der Waals surface area (Å²) in [5.41, 5.74) is 7.05. The van der Waals surface area contributed by atoms with Crippen molar-refractivity contribution < 1.29 is 4.39 Å². The second kappa shape index (κ2) is 4.35. The molecule has 0 amide bonds. The zero-order chi connectivity index (χ0) is 11.7. The Kier molecular flexibility index (Phi) is 3.07. The van der Waals surface area contributed by atoms with Gasteiger partial charge in [0.25, 0.3) is 0 Å². The van der Waals surface area contributed by atoms with Crippen molar-refractivity contribution in [1.82, 2.24) is 9.55 Å². The van der Waals surface area contributed by atoms with E-state index in [1.54, 1.807) is 35.3 Å². The van der Waals surface area contributed by atoms with E-state index < -0.39 is 6.04 Å². The molecule has 1 aromatic carbocycles. The van der Waals surface area contributed by atoms with Crippen LogP contribution in [0.15, 0.2) is 35.2 Å². The van der Waals surface area contributed by atoms with Gasteiger partial charge in [-0.15, -0.1) is 0 Å². The third-order valence-electron chi connectivity index (χ3n) is 2.36. The molecular weight excluding hydrogens is 273 g/mol. The SMILES string of the molecule is Cn1cnc(C(N)c2cccc(Br)c2F)c1. The molecule has 0 radical (unpaired) electrons. The number of imidazole rings is 1. The van der Waals surface area contributed by atoms with Gasteiger partial charge in [-0.2, -0.15) is 0 Å². The fourth-order valence-corrected chi connectivity index (χ4v) is 1.90. The predicted octanol–water partition coefficient (Wildman–Crippen LogP) is 2.37. The van der Waals surface area contributed by atoms with Crippen LogP contribution in [0.2, 0.25) is 0 Å². The third-order valence-corrected chi connectivity index (χ3v) is 2.97. The molecule has 16 heavy (non-hydrogen) atoms. The number of hydrogen-bond donors (Lipinski definition) is 1. The Morgan fingerprint density at radius 1 is 1.50 bits per heavy atom. The minimum Gasteiger partial charge on any atom is -0.340 e. The second-order valence-electron chi connectivity index (χ2n) is 3.58. The minimum absolute atomic E-state index is 0.333. The first-order chi connectivity index (χ1) is 7.59. The van der Waals surface area contributed by atoms with Gasteiger partial charge >= 0.3 is 0 Å². The van der Waals surface area contributed by atoms with Crippen LogP contribution in [0.1, 0.15) is 17.3 Å². The summed E-state index contributed by atoms with van der Waals surface area (Å²) in [4.78, 5) is 4.12. The number of aryl methyl sites for hydroxylation is 1. The van der Waals surface area contributed by atoms with Crippen LogP contribution < -0.4 is 5.73 Å². The molecule has 0 spiro atoms. The minimum atomic E-state index is -0.543. The Labute approximate surface area is 101 Å². The van der Waals surface area contributed by atoms with Gasteiger partial charge in [-0.3, -0.25) is 0 Å². The second-order valence-corrected chi connectivity index (χ2v) is 4.44. The van der Waals surface area contributed by atoms with Crippen LogP contribution >= 0.6 is 15.9 Å². The zero-order valence-corrected chi connectivity index (χ0v) is 10.3. The molecule has 1 unspecified atom stereocenters. The highest BCUT2D eigenvalue weighted by Gasteiger charge is 2.16. The van der Waals surface area contributed by atoms with Crippen LogP contribution in [0.25, 0.3) is 0 Å². The number of rotatable bonds is 2. The summed E-state index contributed by atoms with van der Waals surface area (Å²) >= 11 is 3.14. The lowest BCUT2D eigenvalue weighted by Gasteiger charge is -2.11. The molecule has 2 N–H and O–H groups in total. The van der Waals surface area contributed by atoms with E-state index in [0.29, 0.717) is 15.7 Å². The fraction of sp³-hybridized carbons (Fsp3) is 0.182. The molecule has 2 rings (SSSR count). The van der Waals surface area contributed by atoms with Crippen molar-refractivity contribution in [2.24, 2.45) is 12.8 Å². The van der Waals surface area contributed by atoms with Crippen molar-refractivity contribution in [2.45, 2.75) is 6.04 Å². The van der Waals surface area contributed by atoms with Crippen LogP contribution in [-0.2, 0) is 7.05 Å². The maximum Gasteiger partial charge on any atom is 0.142 e. The molecule has 2 aromatic rings. The predicted molar refractivity (Wildman–Crippen MR) is 63.3 cm³/mol. The maximum absolute atomic E-state index is 13.8. The Morgan fingerprint density at radius 2 is 2.25 bits per heavy atom. The highest BCUT2D eigenvalue weighted by atomic mass is 79.9. The third kappa shape index (κ3) is 2.01. The Bertz CT molecular complexity index is 510. The number of nitrogens with two attached hydrogens (primary N) is 1. The van der Waals surface area contributed by atoms with Gasteiger partial charge in [0, 0.05) is 18.8 Å². The van der Waals surface area contributed by atoms with Crippen LogP contribution in [0, 0.1) is 5.82 Å². The molecule has 0 saturated heterocycles. The van der Waals surface area contributed by atoms with Gasteiger partial charge < -0.3 is 10.3 Å². The molecule has 0 aliphatic heterocycles. The highest BCUT2D eigenvalue weighted by Crippen LogP contribution is 2.25. The van der Waals surface area contributed by atoms with Crippen LogP contribution in [0.3, 0.4) is 0 Å². The molecule has 5 heteroatoms. The molecule has 84 valence electrons. The quantitative estimate of drug-likeness (QED) is 0.920.